The van der Waals surface area contributed by atoms with Crippen LogP contribution in [0.15, 0.2) is 35.9 Å². The molecule has 1 unspecified atom stereocenters. The molecule has 1 aliphatic carbocycles. The van der Waals surface area contributed by atoms with Crippen molar-refractivity contribution in [2.24, 2.45) is 5.41 Å². The molecule has 7 nitrogen and oxygen atoms in total. The Morgan fingerprint density at radius 2 is 1.82 bits per heavy atom. The fourth-order valence-electron chi connectivity index (χ4n) is 4.50. The first-order chi connectivity index (χ1) is 16.1. The van der Waals surface area contributed by atoms with Gasteiger partial charge in [0.05, 0.1) is 24.3 Å². The molecule has 3 rings (SSSR count). The summed E-state index contributed by atoms with van der Waals surface area (Å²) >= 11 is 0. The van der Waals surface area contributed by atoms with Gasteiger partial charge in [-0.05, 0) is 68.7 Å². The van der Waals surface area contributed by atoms with Crippen molar-refractivity contribution < 1.29 is 23.9 Å². The van der Waals surface area contributed by atoms with Crippen molar-refractivity contribution in [1.82, 2.24) is 4.90 Å². The zero-order valence-electron chi connectivity index (χ0n) is 20.8. The number of esters is 1. The molecule has 3 amide bonds. The van der Waals surface area contributed by atoms with Crippen LogP contribution < -0.4 is 4.90 Å². The maximum atomic E-state index is 13.4. The van der Waals surface area contributed by atoms with Crippen molar-refractivity contribution in [2.75, 3.05) is 18.1 Å². The highest BCUT2D eigenvalue weighted by Crippen LogP contribution is 2.30. The quantitative estimate of drug-likeness (QED) is 0.315. The molecule has 2 aliphatic rings. The molecule has 0 bridgehead atoms. The minimum atomic E-state index is -0.809. The van der Waals surface area contributed by atoms with Gasteiger partial charge in [-0.15, -0.1) is 0 Å². The largest absolute Gasteiger partial charge is 0.462 e. The molecule has 0 saturated carbocycles. The minimum absolute atomic E-state index is 0.0343. The summed E-state index contributed by atoms with van der Waals surface area (Å²) < 4.78 is 4.99. The first-order valence-corrected chi connectivity index (χ1v) is 12.2. The van der Waals surface area contributed by atoms with Crippen LogP contribution in [0, 0.1) is 5.41 Å². The summed E-state index contributed by atoms with van der Waals surface area (Å²) in [5, 5.41) is 0. The van der Waals surface area contributed by atoms with Crippen molar-refractivity contribution in [2.45, 2.75) is 78.7 Å². The monoisotopic (exact) mass is 468 g/mol. The van der Waals surface area contributed by atoms with Crippen LogP contribution >= 0.6 is 0 Å². The van der Waals surface area contributed by atoms with Gasteiger partial charge in [-0.1, -0.05) is 32.4 Å². The molecule has 1 aromatic carbocycles. The number of anilines is 1. The molecule has 1 aliphatic heterocycles. The summed E-state index contributed by atoms with van der Waals surface area (Å²) in [7, 11) is 0. The highest BCUT2D eigenvalue weighted by atomic mass is 16.5. The number of hydrogen-bond donors (Lipinski definition) is 0. The Morgan fingerprint density at radius 1 is 1.12 bits per heavy atom. The summed E-state index contributed by atoms with van der Waals surface area (Å²) in [6.45, 7) is 8.40. The molecule has 1 heterocycles. The maximum absolute atomic E-state index is 13.4. The molecule has 0 N–H and O–H groups in total. The third kappa shape index (κ3) is 6.33. The summed E-state index contributed by atoms with van der Waals surface area (Å²) in [6.07, 6.45) is 7.66. The van der Waals surface area contributed by atoms with Gasteiger partial charge in [-0.25, -0.2) is 9.69 Å². The van der Waals surface area contributed by atoms with Crippen molar-refractivity contribution >= 4 is 29.4 Å². The highest BCUT2D eigenvalue weighted by Gasteiger charge is 2.44. The van der Waals surface area contributed by atoms with E-state index in [1.807, 2.05) is 20.8 Å². The summed E-state index contributed by atoms with van der Waals surface area (Å²) in [5.41, 5.74) is 1.84. The van der Waals surface area contributed by atoms with Crippen LogP contribution in [0.2, 0.25) is 0 Å². The predicted octanol–water partition coefficient (Wildman–Crippen LogP) is 4.65. The Bertz CT molecular complexity index is 958. The first kappa shape index (κ1) is 25.7. The summed E-state index contributed by atoms with van der Waals surface area (Å²) in [4.78, 5) is 54.2. The van der Waals surface area contributed by atoms with Gasteiger partial charge in [0, 0.05) is 13.0 Å². The average molecular weight is 469 g/mol. The van der Waals surface area contributed by atoms with Crippen LogP contribution in [0.4, 0.5) is 5.69 Å². The standard InChI is InChI=1S/C27H36N2O5/c1-5-34-26(33)20-11-13-21(14-12-20)29-23(30)17-22(25(29)32)28(24(31)18-27(2,3)4)16-15-19-9-7-6-8-10-19/h9,11-14,22H,5-8,10,15-18H2,1-4H3. The second-order valence-electron chi connectivity index (χ2n) is 10.2. The number of nitrogens with zero attached hydrogens (tertiary/aromatic N) is 2. The average Bonchev–Trinajstić information content (AvgIpc) is 3.07. The van der Waals surface area contributed by atoms with E-state index >= 15 is 0 Å². The molecule has 0 radical (unpaired) electrons. The number of imide groups is 1. The molecule has 34 heavy (non-hydrogen) atoms. The number of ether oxygens (including phenoxy) is 1. The summed E-state index contributed by atoms with van der Waals surface area (Å²) in [5.74, 6) is -1.30. The van der Waals surface area contributed by atoms with E-state index in [2.05, 4.69) is 6.08 Å². The van der Waals surface area contributed by atoms with Gasteiger partial charge in [-0.2, -0.15) is 0 Å². The first-order valence-electron chi connectivity index (χ1n) is 12.2. The number of rotatable bonds is 8. The van der Waals surface area contributed by atoms with Crippen LogP contribution in [-0.4, -0.2) is 47.8 Å². The zero-order chi connectivity index (χ0) is 24.9. The molecular formula is C27H36N2O5. The third-order valence-corrected chi connectivity index (χ3v) is 6.20. The van der Waals surface area contributed by atoms with Crippen LogP contribution in [0.1, 0.15) is 83.0 Å². The van der Waals surface area contributed by atoms with Gasteiger partial charge in [-0.3, -0.25) is 14.4 Å². The Kier molecular flexibility index (Phi) is 8.28. The van der Waals surface area contributed by atoms with Gasteiger partial charge >= 0.3 is 5.97 Å². The lowest BCUT2D eigenvalue weighted by Gasteiger charge is -2.31. The van der Waals surface area contributed by atoms with Gasteiger partial charge in [0.25, 0.3) is 5.91 Å². The van der Waals surface area contributed by atoms with Crippen molar-refractivity contribution in [1.29, 1.82) is 0 Å². The lowest BCUT2D eigenvalue weighted by atomic mass is 9.91. The Hall–Kier alpha value is -2.96. The van der Waals surface area contributed by atoms with Crippen LogP contribution in [0.5, 0.6) is 0 Å². The van der Waals surface area contributed by atoms with E-state index in [1.165, 1.54) is 12.0 Å². The Balaban J connectivity index is 1.80. The number of hydrogen-bond acceptors (Lipinski definition) is 5. The molecule has 0 aromatic heterocycles. The number of benzene rings is 1. The fourth-order valence-corrected chi connectivity index (χ4v) is 4.50. The smallest absolute Gasteiger partial charge is 0.338 e. The topological polar surface area (TPSA) is 84.0 Å². The van der Waals surface area contributed by atoms with Crippen molar-refractivity contribution in [3.8, 4) is 0 Å². The molecule has 1 atom stereocenters. The summed E-state index contributed by atoms with van der Waals surface area (Å²) in [6, 6.07) is 5.41. The van der Waals surface area contributed by atoms with E-state index in [1.54, 1.807) is 36.1 Å². The molecule has 1 saturated heterocycles. The number of carbonyl (C=O) groups excluding carboxylic acids is 4. The highest BCUT2D eigenvalue weighted by molar-refractivity contribution is 6.23. The van der Waals surface area contributed by atoms with E-state index in [-0.39, 0.29) is 30.3 Å². The van der Waals surface area contributed by atoms with E-state index in [4.69, 9.17) is 4.74 Å². The molecule has 184 valence electrons. The van der Waals surface area contributed by atoms with Crippen LogP contribution in [-0.2, 0) is 19.1 Å². The normalized spacial score (nSPS) is 18.6. The molecular weight excluding hydrogens is 432 g/mol. The second-order valence-corrected chi connectivity index (χ2v) is 10.2. The van der Waals surface area contributed by atoms with Crippen molar-refractivity contribution in [3.05, 3.63) is 41.5 Å². The number of amides is 3. The van der Waals surface area contributed by atoms with E-state index in [0.29, 0.717) is 24.2 Å². The Morgan fingerprint density at radius 3 is 2.41 bits per heavy atom. The number of allylic oxidation sites excluding steroid dienone is 1. The zero-order valence-corrected chi connectivity index (χ0v) is 20.8. The van der Waals surface area contributed by atoms with Crippen molar-refractivity contribution in [3.63, 3.8) is 0 Å². The fraction of sp³-hybridized carbons (Fsp3) is 0.556. The minimum Gasteiger partial charge on any atom is -0.462 e. The van der Waals surface area contributed by atoms with Gasteiger partial charge in [0.15, 0.2) is 0 Å². The molecule has 1 aromatic rings. The maximum Gasteiger partial charge on any atom is 0.338 e. The Labute approximate surface area is 202 Å². The SMILES string of the molecule is CCOC(=O)c1ccc(N2C(=O)CC(N(CCC3=CCCCC3)C(=O)CC(C)(C)C)C2=O)cc1. The predicted molar refractivity (Wildman–Crippen MR) is 130 cm³/mol. The molecule has 7 heteroatoms. The van der Waals surface area contributed by atoms with Gasteiger partial charge in [0.2, 0.25) is 11.8 Å². The van der Waals surface area contributed by atoms with Gasteiger partial charge < -0.3 is 9.64 Å². The van der Waals surface area contributed by atoms with E-state index < -0.39 is 17.9 Å². The number of carbonyl (C=O) groups is 4. The molecule has 1 fully saturated rings. The molecule has 0 spiro atoms. The van der Waals surface area contributed by atoms with E-state index in [9.17, 15) is 19.2 Å². The van der Waals surface area contributed by atoms with E-state index in [0.717, 1.165) is 30.6 Å². The lowest BCUT2D eigenvalue weighted by Crippen LogP contribution is -2.47. The second kappa shape index (κ2) is 11.0. The third-order valence-electron chi connectivity index (χ3n) is 6.20. The van der Waals surface area contributed by atoms with Crippen LogP contribution in [0.25, 0.3) is 0 Å². The van der Waals surface area contributed by atoms with Gasteiger partial charge in [0.1, 0.15) is 6.04 Å². The van der Waals surface area contributed by atoms with Crippen LogP contribution in [0.3, 0.4) is 0 Å². The lowest BCUT2D eigenvalue weighted by molar-refractivity contribution is -0.139.